The maximum absolute atomic E-state index is 12.2. The van der Waals surface area contributed by atoms with Crippen LogP contribution < -0.4 is 16.0 Å². The van der Waals surface area contributed by atoms with Crippen molar-refractivity contribution < 1.29 is 9.84 Å². The van der Waals surface area contributed by atoms with Gasteiger partial charge < -0.3 is 9.84 Å². The highest BCUT2D eigenvalue weighted by Crippen LogP contribution is 2.26. The number of methoxy groups -OCH3 is 1. The van der Waals surface area contributed by atoms with Crippen LogP contribution >= 0.6 is 0 Å². The molecule has 0 aliphatic carbocycles. The van der Waals surface area contributed by atoms with E-state index < -0.39 is 17.1 Å². The summed E-state index contributed by atoms with van der Waals surface area (Å²) in [5, 5.41) is 10.6. The zero-order valence-corrected chi connectivity index (χ0v) is 14.3. The van der Waals surface area contributed by atoms with Gasteiger partial charge in [-0.15, -0.1) is 0 Å². The molecule has 0 saturated carbocycles. The van der Waals surface area contributed by atoms with Crippen LogP contribution in [0.15, 0.2) is 63.1 Å². The van der Waals surface area contributed by atoms with Crippen LogP contribution in [-0.4, -0.2) is 28.0 Å². The summed E-state index contributed by atoms with van der Waals surface area (Å²) in [5.74, 6) is 0.0404. The number of H-pyrrole nitrogens is 1. The molecule has 2 N–H and O–H groups in total. The highest BCUT2D eigenvalue weighted by molar-refractivity contribution is 5.85. The smallest absolute Gasteiger partial charge is 0.335 e. The monoisotopic (exact) mass is 351 g/mol. The number of aliphatic imine (C=N–C) groups is 1. The lowest BCUT2D eigenvalue weighted by Gasteiger charge is -2.11. The van der Waals surface area contributed by atoms with Crippen molar-refractivity contribution in [3.8, 4) is 17.3 Å². The van der Waals surface area contributed by atoms with Crippen molar-refractivity contribution in [2.24, 2.45) is 4.99 Å². The third-order valence-electron chi connectivity index (χ3n) is 3.90. The molecule has 26 heavy (non-hydrogen) atoms. The average molecular weight is 351 g/mol. The van der Waals surface area contributed by atoms with Gasteiger partial charge in [-0.3, -0.25) is 14.8 Å². The second-order valence-corrected chi connectivity index (χ2v) is 5.55. The van der Waals surface area contributed by atoms with Crippen LogP contribution in [0.5, 0.6) is 11.6 Å². The summed E-state index contributed by atoms with van der Waals surface area (Å²) in [6.45, 7) is 1.80. The van der Waals surface area contributed by atoms with E-state index in [1.54, 1.807) is 49.4 Å². The Hall–Kier alpha value is -3.61. The highest BCUT2D eigenvalue weighted by Gasteiger charge is 2.15. The van der Waals surface area contributed by atoms with Gasteiger partial charge in [0.25, 0.3) is 5.56 Å². The first kappa shape index (κ1) is 17.2. The third kappa shape index (κ3) is 3.14. The standard InChI is InChI=1S/C19H17N3O4/c1-12-7-3-5-9-15(12)22-18(24)13(17(23)21-19(22)25)11-20-14-8-4-6-10-16(14)26-2/h3-11,24H,1-2H3,(H,21,23,25). The zero-order valence-electron chi connectivity index (χ0n) is 14.3. The predicted octanol–water partition coefficient (Wildman–Crippen LogP) is 2.30. The predicted molar refractivity (Wildman–Crippen MR) is 99.3 cm³/mol. The molecule has 0 radical (unpaired) electrons. The van der Waals surface area contributed by atoms with Gasteiger partial charge in [0.15, 0.2) is 0 Å². The van der Waals surface area contributed by atoms with Crippen LogP contribution in [0.1, 0.15) is 11.1 Å². The Bertz CT molecular complexity index is 1100. The minimum absolute atomic E-state index is 0.126. The van der Waals surface area contributed by atoms with E-state index in [2.05, 4.69) is 9.98 Å². The molecule has 7 heteroatoms. The molecule has 7 nitrogen and oxygen atoms in total. The van der Waals surface area contributed by atoms with Crippen LogP contribution in [0.3, 0.4) is 0 Å². The number of aromatic nitrogens is 2. The molecule has 0 spiro atoms. The van der Waals surface area contributed by atoms with Gasteiger partial charge >= 0.3 is 5.69 Å². The molecule has 0 aliphatic rings. The van der Waals surface area contributed by atoms with Crippen LogP contribution in [0.2, 0.25) is 0 Å². The normalized spacial score (nSPS) is 11.0. The van der Waals surface area contributed by atoms with Gasteiger partial charge in [-0.05, 0) is 30.7 Å². The summed E-state index contributed by atoms with van der Waals surface area (Å²) in [7, 11) is 1.51. The van der Waals surface area contributed by atoms with Crippen LogP contribution in [0, 0.1) is 6.92 Å². The molecular formula is C19H17N3O4. The van der Waals surface area contributed by atoms with E-state index in [0.29, 0.717) is 17.1 Å². The Kier molecular flexibility index (Phi) is 4.70. The molecule has 1 aromatic heterocycles. The minimum atomic E-state index is -0.726. The summed E-state index contributed by atoms with van der Waals surface area (Å²) in [5.41, 5.74) is 0.149. The van der Waals surface area contributed by atoms with Crippen molar-refractivity contribution in [2.45, 2.75) is 6.92 Å². The number of nitrogens with one attached hydrogen (secondary N) is 1. The maximum atomic E-state index is 12.2. The summed E-state index contributed by atoms with van der Waals surface area (Å²) in [6.07, 6.45) is 1.21. The van der Waals surface area contributed by atoms with Gasteiger partial charge in [-0.1, -0.05) is 30.3 Å². The Morgan fingerprint density at radius 3 is 2.54 bits per heavy atom. The van der Waals surface area contributed by atoms with E-state index in [-0.39, 0.29) is 5.56 Å². The molecule has 0 aliphatic heterocycles. The molecule has 3 rings (SSSR count). The summed E-state index contributed by atoms with van der Waals surface area (Å²) < 4.78 is 6.25. The largest absolute Gasteiger partial charge is 0.494 e. The number of hydrogen-bond acceptors (Lipinski definition) is 5. The average Bonchev–Trinajstić information content (AvgIpc) is 2.63. The maximum Gasteiger partial charge on any atom is 0.335 e. The van der Waals surface area contributed by atoms with Gasteiger partial charge in [0, 0.05) is 6.21 Å². The molecule has 0 fully saturated rings. The topological polar surface area (TPSA) is 96.7 Å². The second kappa shape index (κ2) is 7.10. The first-order valence-electron chi connectivity index (χ1n) is 7.84. The number of para-hydroxylation sites is 3. The lowest BCUT2D eigenvalue weighted by Crippen LogP contribution is -2.31. The van der Waals surface area contributed by atoms with Crippen molar-refractivity contribution >= 4 is 11.9 Å². The number of ether oxygens (including phenoxy) is 1. The SMILES string of the molecule is COc1ccccc1N=Cc1c(O)n(-c2ccccc2C)c(=O)[nH]c1=O. The number of rotatable bonds is 4. The Morgan fingerprint density at radius 2 is 1.81 bits per heavy atom. The van der Waals surface area contributed by atoms with Crippen LogP contribution in [0.25, 0.3) is 5.69 Å². The molecule has 0 unspecified atom stereocenters. The quantitative estimate of drug-likeness (QED) is 0.705. The Balaban J connectivity index is 2.16. The minimum Gasteiger partial charge on any atom is -0.494 e. The van der Waals surface area contributed by atoms with E-state index in [4.69, 9.17) is 4.74 Å². The van der Waals surface area contributed by atoms with Crippen LogP contribution in [-0.2, 0) is 0 Å². The number of aromatic amines is 1. The first-order chi connectivity index (χ1) is 12.5. The number of benzene rings is 2. The fourth-order valence-corrected chi connectivity index (χ4v) is 2.56. The van der Waals surface area contributed by atoms with Gasteiger partial charge in [-0.2, -0.15) is 0 Å². The fourth-order valence-electron chi connectivity index (χ4n) is 2.56. The van der Waals surface area contributed by atoms with Crippen molar-refractivity contribution in [3.05, 3.63) is 80.5 Å². The Labute approximate surface area is 148 Å². The van der Waals surface area contributed by atoms with E-state index >= 15 is 0 Å². The molecule has 3 aromatic rings. The lowest BCUT2D eigenvalue weighted by atomic mass is 10.2. The summed E-state index contributed by atoms with van der Waals surface area (Å²) in [6, 6.07) is 14.0. The number of aryl methyl sites for hydroxylation is 1. The molecule has 0 saturated heterocycles. The van der Waals surface area contributed by atoms with Crippen molar-refractivity contribution in [3.63, 3.8) is 0 Å². The third-order valence-corrected chi connectivity index (χ3v) is 3.90. The molecule has 132 valence electrons. The second-order valence-electron chi connectivity index (χ2n) is 5.55. The number of nitrogens with zero attached hydrogens (tertiary/aromatic N) is 2. The van der Waals surface area contributed by atoms with E-state index in [9.17, 15) is 14.7 Å². The van der Waals surface area contributed by atoms with Crippen LogP contribution in [0.4, 0.5) is 5.69 Å². The zero-order chi connectivity index (χ0) is 18.7. The fraction of sp³-hybridized carbons (Fsp3) is 0.105. The van der Waals surface area contributed by atoms with Gasteiger partial charge in [0.1, 0.15) is 17.0 Å². The first-order valence-corrected chi connectivity index (χ1v) is 7.84. The molecular weight excluding hydrogens is 334 g/mol. The van der Waals surface area contributed by atoms with E-state index in [0.717, 1.165) is 10.1 Å². The van der Waals surface area contributed by atoms with Crippen molar-refractivity contribution in [1.29, 1.82) is 0 Å². The van der Waals surface area contributed by atoms with Gasteiger partial charge in [-0.25, -0.2) is 9.36 Å². The highest BCUT2D eigenvalue weighted by atomic mass is 16.5. The molecule has 0 atom stereocenters. The summed E-state index contributed by atoms with van der Waals surface area (Å²) in [4.78, 5) is 30.8. The molecule has 1 heterocycles. The number of aromatic hydroxyl groups is 1. The Morgan fingerprint density at radius 1 is 1.12 bits per heavy atom. The molecule has 2 aromatic carbocycles. The van der Waals surface area contributed by atoms with E-state index in [1.807, 2.05) is 6.07 Å². The number of hydrogen-bond donors (Lipinski definition) is 2. The lowest BCUT2D eigenvalue weighted by molar-refractivity contribution is 0.416. The summed E-state index contributed by atoms with van der Waals surface area (Å²) >= 11 is 0. The van der Waals surface area contributed by atoms with Crippen molar-refractivity contribution in [1.82, 2.24) is 9.55 Å². The van der Waals surface area contributed by atoms with Crippen molar-refractivity contribution in [2.75, 3.05) is 7.11 Å². The van der Waals surface area contributed by atoms with Gasteiger partial charge in [0.05, 0.1) is 12.8 Å². The molecule has 0 amide bonds. The molecule has 0 bridgehead atoms. The van der Waals surface area contributed by atoms with Gasteiger partial charge in [0.2, 0.25) is 5.88 Å². The van der Waals surface area contributed by atoms with E-state index in [1.165, 1.54) is 13.3 Å².